The van der Waals surface area contributed by atoms with Crippen molar-refractivity contribution < 1.29 is 9.90 Å². The molecular weight excluding hydrogens is 256 g/mol. The van der Waals surface area contributed by atoms with Gasteiger partial charge in [0.1, 0.15) is 5.69 Å². The zero-order valence-corrected chi connectivity index (χ0v) is 12.9. The van der Waals surface area contributed by atoms with Crippen LogP contribution in [0.15, 0.2) is 0 Å². The number of nitrogens with one attached hydrogen (secondary N) is 1. The van der Waals surface area contributed by atoms with Gasteiger partial charge in [-0.2, -0.15) is 5.10 Å². The standard InChI is InChI=1S/C14H26N4O2/c1-5-10-11(15)12(18(4)17-10)13(20)16-9-14(2,3)7-6-8-19/h19H,5-9,15H2,1-4H3,(H,16,20). The highest BCUT2D eigenvalue weighted by Crippen LogP contribution is 2.22. The average molecular weight is 282 g/mol. The second-order valence-electron chi connectivity index (χ2n) is 5.86. The maximum Gasteiger partial charge on any atom is 0.271 e. The summed E-state index contributed by atoms with van der Waals surface area (Å²) in [5.74, 6) is -0.200. The van der Waals surface area contributed by atoms with Gasteiger partial charge >= 0.3 is 0 Å². The van der Waals surface area contributed by atoms with Crippen molar-refractivity contribution >= 4 is 11.6 Å². The number of aromatic nitrogens is 2. The zero-order valence-electron chi connectivity index (χ0n) is 12.9. The number of amides is 1. The topological polar surface area (TPSA) is 93.2 Å². The number of nitrogens with two attached hydrogens (primary N) is 1. The number of hydrogen-bond donors (Lipinski definition) is 3. The molecule has 0 saturated heterocycles. The van der Waals surface area contributed by atoms with Crippen LogP contribution in [0.5, 0.6) is 0 Å². The highest BCUT2D eigenvalue weighted by atomic mass is 16.2. The van der Waals surface area contributed by atoms with Gasteiger partial charge in [0.15, 0.2) is 0 Å². The molecule has 1 rings (SSSR count). The second kappa shape index (κ2) is 6.74. The van der Waals surface area contributed by atoms with E-state index in [2.05, 4.69) is 24.3 Å². The molecule has 0 radical (unpaired) electrons. The average Bonchev–Trinajstić information content (AvgIpc) is 2.68. The minimum Gasteiger partial charge on any atom is -0.396 e. The van der Waals surface area contributed by atoms with Gasteiger partial charge in [-0.1, -0.05) is 20.8 Å². The molecule has 1 aromatic heterocycles. The van der Waals surface area contributed by atoms with E-state index in [-0.39, 0.29) is 17.9 Å². The summed E-state index contributed by atoms with van der Waals surface area (Å²) in [4.78, 5) is 12.2. The molecule has 0 aliphatic heterocycles. The Labute approximate surface area is 120 Å². The van der Waals surface area contributed by atoms with Crippen molar-refractivity contribution in [1.29, 1.82) is 0 Å². The first kappa shape index (κ1) is 16.5. The minimum absolute atomic E-state index is 0.0562. The molecule has 0 spiro atoms. The summed E-state index contributed by atoms with van der Waals surface area (Å²) in [5.41, 5.74) is 7.52. The third-order valence-corrected chi connectivity index (χ3v) is 3.45. The number of hydrogen-bond acceptors (Lipinski definition) is 4. The number of rotatable bonds is 7. The molecule has 1 amide bonds. The van der Waals surface area contributed by atoms with E-state index in [0.29, 0.717) is 24.3 Å². The lowest BCUT2D eigenvalue weighted by Gasteiger charge is -2.24. The number of aryl methyl sites for hydroxylation is 2. The highest BCUT2D eigenvalue weighted by molar-refractivity contribution is 5.98. The fraction of sp³-hybridized carbons (Fsp3) is 0.714. The molecule has 0 bridgehead atoms. The maximum atomic E-state index is 12.2. The highest BCUT2D eigenvalue weighted by Gasteiger charge is 2.22. The Morgan fingerprint density at radius 1 is 1.50 bits per heavy atom. The van der Waals surface area contributed by atoms with Crippen molar-refractivity contribution in [3.8, 4) is 0 Å². The van der Waals surface area contributed by atoms with E-state index in [1.165, 1.54) is 4.68 Å². The number of carbonyl (C=O) groups excluding carboxylic acids is 1. The van der Waals surface area contributed by atoms with Gasteiger partial charge in [0.05, 0.1) is 11.4 Å². The Balaban J connectivity index is 2.70. The molecule has 4 N–H and O–H groups in total. The summed E-state index contributed by atoms with van der Waals surface area (Å²) in [6.45, 7) is 6.79. The van der Waals surface area contributed by atoms with Crippen LogP contribution in [-0.4, -0.2) is 33.9 Å². The number of aliphatic hydroxyl groups is 1. The van der Waals surface area contributed by atoms with E-state index in [1.807, 2.05) is 6.92 Å². The molecular formula is C14H26N4O2. The van der Waals surface area contributed by atoms with E-state index in [1.54, 1.807) is 7.05 Å². The molecule has 114 valence electrons. The van der Waals surface area contributed by atoms with Crippen molar-refractivity contribution in [2.75, 3.05) is 18.9 Å². The smallest absolute Gasteiger partial charge is 0.271 e. The van der Waals surface area contributed by atoms with Crippen LogP contribution in [0.1, 0.15) is 49.8 Å². The molecule has 6 nitrogen and oxygen atoms in total. The lowest BCUT2D eigenvalue weighted by Crippen LogP contribution is -2.35. The summed E-state index contributed by atoms with van der Waals surface area (Å²) in [6.07, 6.45) is 2.29. The van der Waals surface area contributed by atoms with Crippen molar-refractivity contribution in [1.82, 2.24) is 15.1 Å². The predicted octanol–water partition coefficient (Wildman–Crippen LogP) is 1.09. The van der Waals surface area contributed by atoms with Gasteiger partial charge in [0.2, 0.25) is 0 Å². The number of nitrogen functional groups attached to an aromatic ring is 1. The van der Waals surface area contributed by atoms with Crippen LogP contribution in [-0.2, 0) is 13.5 Å². The first-order valence-corrected chi connectivity index (χ1v) is 7.02. The van der Waals surface area contributed by atoms with Crippen molar-refractivity contribution in [2.45, 2.75) is 40.0 Å². The summed E-state index contributed by atoms with van der Waals surface area (Å²) in [6, 6.07) is 0. The lowest BCUT2D eigenvalue weighted by atomic mass is 9.88. The van der Waals surface area contributed by atoms with Gasteiger partial charge in [-0.05, 0) is 24.7 Å². The summed E-state index contributed by atoms with van der Waals surface area (Å²) in [5, 5.41) is 16.0. The Morgan fingerprint density at radius 2 is 2.15 bits per heavy atom. The van der Waals surface area contributed by atoms with Gasteiger partial charge < -0.3 is 16.2 Å². The van der Waals surface area contributed by atoms with E-state index in [4.69, 9.17) is 10.8 Å². The van der Waals surface area contributed by atoms with Crippen LogP contribution >= 0.6 is 0 Å². The predicted molar refractivity (Wildman–Crippen MR) is 79.4 cm³/mol. The molecule has 0 aliphatic carbocycles. The fourth-order valence-electron chi connectivity index (χ4n) is 2.18. The van der Waals surface area contributed by atoms with E-state index < -0.39 is 0 Å². The summed E-state index contributed by atoms with van der Waals surface area (Å²) >= 11 is 0. The van der Waals surface area contributed by atoms with E-state index in [9.17, 15) is 4.79 Å². The zero-order chi connectivity index (χ0) is 15.3. The van der Waals surface area contributed by atoms with Crippen LogP contribution in [0.4, 0.5) is 5.69 Å². The molecule has 0 unspecified atom stereocenters. The van der Waals surface area contributed by atoms with Crippen molar-refractivity contribution in [2.24, 2.45) is 12.5 Å². The first-order valence-electron chi connectivity index (χ1n) is 7.02. The van der Waals surface area contributed by atoms with Crippen molar-refractivity contribution in [3.63, 3.8) is 0 Å². The Bertz CT molecular complexity index is 466. The molecule has 0 aliphatic rings. The second-order valence-corrected chi connectivity index (χ2v) is 5.86. The van der Waals surface area contributed by atoms with Gasteiger partial charge in [-0.25, -0.2) is 0 Å². The van der Waals surface area contributed by atoms with E-state index >= 15 is 0 Å². The molecule has 0 aromatic carbocycles. The molecule has 20 heavy (non-hydrogen) atoms. The summed E-state index contributed by atoms with van der Waals surface area (Å²) < 4.78 is 1.53. The molecule has 0 fully saturated rings. The van der Waals surface area contributed by atoms with E-state index in [0.717, 1.165) is 18.5 Å². The first-order chi connectivity index (χ1) is 9.32. The molecule has 0 atom stereocenters. The van der Waals surface area contributed by atoms with Crippen LogP contribution in [0.3, 0.4) is 0 Å². The Kier molecular flexibility index (Phi) is 5.56. The van der Waals surface area contributed by atoms with Gasteiger partial charge in [0.25, 0.3) is 5.91 Å². The van der Waals surface area contributed by atoms with Crippen LogP contribution in [0.2, 0.25) is 0 Å². The number of aliphatic hydroxyl groups excluding tert-OH is 1. The van der Waals surface area contributed by atoms with Crippen molar-refractivity contribution in [3.05, 3.63) is 11.4 Å². The number of nitrogens with zero attached hydrogens (tertiary/aromatic N) is 2. The molecule has 0 saturated carbocycles. The Hall–Kier alpha value is -1.56. The Morgan fingerprint density at radius 3 is 2.65 bits per heavy atom. The lowest BCUT2D eigenvalue weighted by molar-refractivity contribution is 0.0924. The molecule has 1 heterocycles. The maximum absolute atomic E-state index is 12.2. The number of anilines is 1. The quantitative estimate of drug-likeness (QED) is 0.698. The van der Waals surface area contributed by atoms with Gasteiger partial charge in [-0.15, -0.1) is 0 Å². The fourth-order valence-corrected chi connectivity index (χ4v) is 2.18. The molecule has 6 heteroatoms. The third kappa shape index (κ3) is 3.96. The largest absolute Gasteiger partial charge is 0.396 e. The monoisotopic (exact) mass is 282 g/mol. The van der Waals surface area contributed by atoms with Gasteiger partial charge in [-0.3, -0.25) is 9.48 Å². The number of carbonyl (C=O) groups is 1. The summed E-state index contributed by atoms with van der Waals surface area (Å²) in [7, 11) is 1.72. The van der Waals surface area contributed by atoms with Crippen LogP contribution < -0.4 is 11.1 Å². The van der Waals surface area contributed by atoms with Crippen LogP contribution in [0, 0.1) is 5.41 Å². The van der Waals surface area contributed by atoms with Gasteiger partial charge in [0, 0.05) is 20.2 Å². The minimum atomic E-state index is -0.200. The third-order valence-electron chi connectivity index (χ3n) is 3.45. The normalized spacial score (nSPS) is 11.7. The SMILES string of the molecule is CCc1nn(C)c(C(=O)NCC(C)(C)CCCO)c1N. The van der Waals surface area contributed by atoms with Crippen LogP contribution in [0.25, 0.3) is 0 Å². The molecule has 1 aromatic rings.